The fraction of sp³-hybridized carbons (Fsp3) is 0.312. The Hall–Kier alpha value is -2.12. The van der Waals surface area contributed by atoms with Crippen LogP contribution in [0.4, 0.5) is 4.39 Å². The number of thiazole rings is 1. The number of carbonyl (C=O) groups excluding carboxylic acids is 2. The molecule has 23 heavy (non-hydrogen) atoms. The summed E-state index contributed by atoms with van der Waals surface area (Å²) in [6.45, 7) is 0. The van der Waals surface area contributed by atoms with E-state index in [1.807, 2.05) is 5.38 Å². The molecule has 2 aromatic rings. The first kappa shape index (κ1) is 15.8. The van der Waals surface area contributed by atoms with Crippen molar-refractivity contribution < 1.29 is 18.8 Å². The fourth-order valence-electron chi connectivity index (χ4n) is 2.31. The lowest BCUT2D eigenvalue weighted by atomic mass is 9.76. The molecule has 5 nitrogen and oxygen atoms in total. The Bertz CT molecular complexity index is 722. The van der Waals surface area contributed by atoms with Crippen LogP contribution in [-0.2, 0) is 20.8 Å². The first-order valence-corrected chi connectivity index (χ1v) is 8.13. The largest absolute Gasteiger partial charge is 0.368 e. The Morgan fingerprint density at radius 1 is 1.43 bits per heavy atom. The van der Waals surface area contributed by atoms with E-state index in [0.717, 1.165) is 41.8 Å². The third-order valence-electron chi connectivity index (χ3n) is 3.85. The van der Waals surface area contributed by atoms with Crippen LogP contribution in [0.3, 0.4) is 0 Å². The quantitative estimate of drug-likeness (QED) is 0.874. The molecule has 2 aliphatic rings. The molecule has 0 atom stereocenters. The maximum Gasteiger partial charge on any atom is 0.348 e. The molecule has 120 valence electrons. The van der Waals surface area contributed by atoms with Crippen LogP contribution in [0.25, 0.3) is 10.6 Å². The monoisotopic (exact) mass is 334 g/mol. The van der Waals surface area contributed by atoms with Gasteiger partial charge in [-0.1, -0.05) is 12.1 Å². The maximum atomic E-state index is 12.9. The molecule has 1 aliphatic heterocycles. The minimum atomic E-state index is -0.278. The van der Waals surface area contributed by atoms with Crippen LogP contribution in [0, 0.1) is 5.82 Å². The molecule has 1 aromatic heterocycles. The van der Waals surface area contributed by atoms with E-state index in [4.69, 9.17) is 0 Å². The zero-order valence-corrected chi connectivity index (χ0v) is 13.1. The summed E-state index contributed by atoms with van der Waals surface area (Å²) in [5.74, 6) is -0.344. The summed E-state index contributed by atoms with van der Waals surface area (Å²) in [6, 6.07) is 6.27. The first-order valence-electron chi connectivity index (χ1n) is 7.25. The summed E-state index contributed by atoms with van der Waals surface area (Å²) in [7, 11) is 0. The van der Waals surface area contributed by atoms with Crippen LogP contribution < -0.4 is 5.48 Å². The molecule has 0 unspecified atom stereocenters. The molecule has 2 heterocycles. The van der Waals surface area contributed by atoms with Crippen LogP contribution >= 0.6 is 11.3 Å². The van der Waals surface area contributed by atoms with Gasteiger partial charge >= 0.3 is 5.97 Å². The number of hydrogen-bond acceptors (Lipinski definition) is 6. The van der Waals surface area contributed by atoms with Gasteiger partial charge in [-0.2, -0.15) is 0 Å². The summed E-state index contributed by atoms with van der Waals surface area (Å²) in [5.41, 5.74) is 3.93. The average molecular weight is 334 g/mol. The van der Waals surface area contributed by atoms with Gasteiger partial charge in [-0.25, -0.2) is 14.2 Å². The third kappa shape index (κ3) is 3.30. The molecule has 0 amide bonds. The number of hydrogen-bond donors (Lipinski definition) is 1. The Kier molecular flexibility index (Phi) is 4.49. The van der Waals surface area contributed by atoms with Crippen molar-refractivity contribution >= 4 is 23.6 Å². The lowest BCUT2D eigenvalue weighted by Crippen LogP contribution is -2.68. The second-order valence-electron chi connectivity index (χ2n) is 5.45. The van der Waals surface area contributed by atoms with E-state index < -0.39 is 0 Å². The summed E-state index contributed by atoms with van der Waals surface area (Å²) in [6.07, 6.45) is 4.20. The standard InChI is InChI=1S/C11H8FNOS.C5H7NO2/c12-9-3-1-2-8(6-9)11-13-10(4-5-14)7-15-11;7-4-5(6-8-4)2-1-3-5/h1-3,5-7H,4H2;6H,1-3H2. The van der Waals surface area contributed by atoms with Crippen molar-refractivity contribution in [3.63, 3.8) is 0 Å². The number of nitrogens with zero attached hydrogens (tertiary/aromatic N) is 1. The molecule has 7 heteroatoms. The van der Waals surface area contributed by atoms with Crippen LogP contribution in [-0.4, -0.2) is 22.8 Å². The van der Waals surface area contributed by atoms with E-state index in [1.165, 1.54) is 23.5 Å². The van der Waals surface area contributed by atoms with Gasteiger partial charge in [-0.15, -0.1) is 16.8 Å². The Labute approximate surface area is 136 Å². The number of halogens is 1. The lowest BCUT2D eigenvalue weighted by molar-refractivity contribution is -0.208. The molecule has 4 rings (SSSR count). The van der Waals surface area contributed by atoms with E-state index in [1.54, 1.807) is 12.1 Å². The zero-order chi connectivity index (χ0) is 16.3. The molecule has 0 bridgehead atoms. The second-order valence-corrected chi connectivity index (χ2v) is 6.31. The SMILES string of the molecule is O=C1ONC12CCC2.O=CCc1csc(-c2cccc(F)c2)n1. The number of hydroxylamine groups is 1. The van der Waals surface area contributed by atoms with Gasteiger partial charge in [0, 0.05) is 17.4 Å². The third-order valence-corrected chi connectivity index (χ3v) is 4.79. The highest BCUT2D eigenvalue weighted by Gasteiger charge is 2.53. The van der Waals surface area contributed by atoms with Crippen molar-refractivity contribution in [3.05, 3.63) is 41.2 Å². The van der Waals surface area contributed by atoms with Gasteiger partial charge in [0.05, 0.1) is 5.69 Å². The second kappa shape index (κ2) is 6.55. The van der Waals surface area contributed by atoms with Gasteiger partial charge in [-0.3, -0.25) is 0 Å². The van der Waals surface area contributed by atoms with Gasteiger partial charge in [-0.05, 0) is 31.4 Å². The molecule has 1 saturated heterocycles. The zero-order valence-electron chi connectivity index (χ0n) is 12.3. The number of benzene rings is 1. The molecule has 1 aliphatic carbocycles. The molecule has 2 fully saturated rings. The Balaban J connectivity index is 0.000000162. The predicted molar refractivity (Wildman–Crippen MR) is 83.1 cm³/mol. The van der Waals surface area contributed by atoms with Crippen LogP contribution in [0.5, 0.6) is 0 Å². The number of aromatic nitrogens is 1. The molecule has 1 saturated carbocycles. The number of rotatable bonds is 3. The highest BCUT2D eigenvalue weighted by atomic mass is 32.1. The number of nitrogens with one attached hydrogen (secondary N) is 1. The van der Waals surface area contributed by atoms with Crippen LogP contribution in [0.15, 0.2) is 29.6 Å². The van der Waals surface area contributed by atoms with Crippen LogP contribution in [0.1, 0.15) is 25.0 Å². The van der Waals surface area contributed by atoms with Crippen molar-refractivity contribution in [3.8, 4) is 10.6 Å². The summed E-state index contributed by atoms with van der Waals surface area (Å²) < 4.78 is 12.9. The van der Waals surface area contributed by atoms with Gasteiger partial charge < -0.3 is 9.63 Å². The Morgan fingerprint density at radius 3 is 2.74 bits per heavy atom. The minimum absolute atomic E-state index is 0.0660. The lowest BCUT2D eigenvalue weighted by Gasteiger charge is -2.45. The van der Waals surface area contributed by atoms with Crippen LogP contribution in [0.2, 0.25) is 0 Å². The molecule has 1 spiro atoms. The molecule has 1 aromatic carbocycles. The van der Waals surface area contributed by atoms with Crippen molar-refractivity contribution in [2.75, 3.05) is 0 Å². The fourth-order valence-corrected chi connectivity index (χ4v) is 3.14. The van der Waals surface area contributed by atoms with Gasteiger partial charge in [0.25, 0.3) is 0 Å². The van der Waals surface area contributed by atoms with Crippen molar-refractivity contribution in [2.24, 2.45) is 0 Å². The topological polar surface area (TPSA) is 68.3 Å². The van der Waals surface area contributed by atoms with Gasteiger partial charge in [0.15, 0.2) is 5.54 Å². The highest BCUT2D eigenvalue weighted by molar-refractivity contribution is 7.13. The Morgan fingerprint density at radius 2 is 2.26 bits per heavy atom. The van der Waals surface area contributed by atoms with Gasteiger partial charge in [0.2, 0.25) is 0 Å². The van der Waals surface area contributed by atoms with Crippen molar-refractivity contribution in [2.45, 2.75) is 31.2 Å². The average Bonchev–Trinajstić information content (AvgIpc) is 2.94. The molecule has 1 N–H and O–H groups in total. The molecule has 0 radical (unpaired) electrons. The minimum Gasteiger partial charge on any atom is -0.368 e. The molecular weight excluding hydrogens is 319 g/mol. The predicted octanol–water partition coefficient (Wildman–Crippen LogP) is 2.66. The highest BCUT2D eigenvalue weighted by Crippen LogP contribution is 2.37. The number of carbonyl (C=O) groups is 2. The first-order chi connectivity index (χ1) is 11.1. The van der Waals surface area contributed by atoms with E-state index in [-0.39, 0.29) is 17.3 Å². The maximum absolute atomic E-state index is 12.9. The summed E-state index contributed by atoms with van der Waals surface area (Å²) in [4.78, 5) is 29.5. The smallest absolute Gasteiger partial charge is 0.348 e. The van der Waals surface area contributed by atoms with Gasteiger partial charge in [0.1, 0.15) is 17.1 Å². The molecular formula is C16H15FN2O3S. The van der Waals surface area contributed by atoms with E-state index in [0.29, 0.717) is 6.42 Å². The summed E-state index contributed by atoms with van der Waals surface area (Å²) in [5, 5.41) is 2.56. The summed E-state index contributed by atoms with van der Waals surface area (Å²) >= 11 is 1.41. The van der Waals surface area contributed by atoms with E-state index >= 15 is 0 Å². The van der Waals surface area contributed by atoms with E-state index in [9.17, 15) is 14.0 Å². The van der Waals surface area contributed by atoms with Crippen molar-refractivity contribution in [1.29, 1.82) is 0 Å². The normalized spacial score (nSPS) is 17.3. The van der Waals surface area contributed by atoms with E-state index in [2.05, 4.69) is 15.3 Å². The number of aldehydes is 1. The van der Waals surface area contributed by atoms with Crippen molar-refractivity contribution in [1.82, 2.24) is 10.5 Å².